The highest BCUT2D eigenvalue weighted by Gasteiger charge is 2.11. The Bertz CT molecular complexity index is 643. The normalized spacial score (nSPS) is 11.5. The Labute approximate surface area is 121 Å². The third-order valence-corrected chi connectivity index (χ3v) is 2.90. The molecule has 2 rings (SSSR count). The highest BCUT2D eigenvalue weighted by molar-refractivity contribution is 5.31. The van der Waals surface area contributed by atoms with Crippen LogP contribution in [0.1, 0.15) is 17.2 Å². The van der Waals surface area contributed by atoms with E-state index in [1.165, 1.54) is 12.1 Å². The summed E-state index contributed by atoms with van der Waals surface area (Å²) in [6, 6.07) is 13.6. The van der Waals surface area contributed by atoms with E-state index in [1.807, 2.05) is 30.3 Å². The number of hydrogen-bond donors (Lipinski definition) is 1. The molecule has 1 atom stereocenters. The molecule has 1 N–H and O–H groups in total. The van der Waals surface area contributed by atoms with Crippen molar-refractivity contribution in [1.29, 1.82) is 0 Å². The summed E-state index contributed by atoms with van der Waals surface area (Å²) in [5.74, 6) is -0.456. The van der Waals surface area contributed by atoms with Crippen LogP contribution < -0.4 is 4.74 Å². The summed E-state index contributed by atoms with van der Waals surface area (Å²) in [4.78, 5) is 2.55. The van der Waals surface area contributed by atoms with Gasteiger partial charge in [0.25, 0.3) is 0 Å². The van der Waals surface area contributed by atoms with Gasteiger partial charge in [-0.2, -0.15) is 0 Å². The summed E-state index contributed by atoms with van der Waals surface area (Å²) >= 11 is 0. The molecule has 0 aliphatic rings. The van der Waals surface area contributed by atoms with Crippen molar-refractivity contribution in [3.8, 4) is 5.75 Å². The van der Waals surface area contributed by atoms with E-state index in [-0.39, 0.29) is 18.9 Å². The fraction of sp³-hybridized carbons (Fsp3) is 0.200. The molecule has 21 heavy (non-hydrogen) atoms. The number of ether oxygens (including phenoxy) is 1. The molecule has 0 spiro atoms. The van der Waals surface area contributed by atoms with Crippen LogP contribution in [0.15, 0.2) is 53.6 Å². The quantitative estimate of drug-likeness (QED) is 0.499. The topological polar surface area (TPSA) is 78.2 Å². The Morgan fingerprint density at radius 2 is 2.00 bits per heavy atom. The van der Waals surface area contributed by atoms with E-state index in [0.717, 1.165) is 5.56 Å². The molecule has 0 saturated heterocycles. The Morgan fingerprint density at radius 1 is 1.24 bits per heavy atom. The van der Waals surface area contributed by atoms with Crippen LogP contribution in [0.4, 0.5) is 4.39 Å². The second-order valence-corrected chi connectivity index (χ2v) is 4.39. The average molecular weight is 287 g/mol. The van der Waals surface area contributed by atoms with Gasteiger partial charge in [0.2, 0.25) is 0 Å². The predicted octanol–water partition coefficient (Wildman–Crippen LogP) is 3.75. The van der Waals surface area contributed by atoms with Crippen LogP contribution in [0.2, 0.25) is 0 Å². The van der Waals surface area contributed by atoms with Gasteiger partial charge in [-0.3, -0.25) is 0 Å². The molecule has 0 radical (unpaired) electrons. The largest absolute Gasteiger partial charge is 0.486 e. The Kier molecular flexibility index (Phi) is 5.15. The van der Waals surface area contributed by atoms with Gasteiger partial charge >= 0.3 is 0 Å². The smallest absolute Gasteiger partial charge is 0.165 e. The minimum absolute atomic E-state index is 0.110. The van der Waals surface area contributed by atoms with E-state index < -0.39 is 11.9 Å². The molecule has 2 aromatic carbocycles. The summed E-state index contributed by atoms with van der Waals surface area (Å²) < 4.78 is 19.3. The van der Waals surface area contributed by atoms with Crippen LogP contribution in [0.5, 0.6) is 5.75 Å². The molecule has 0 bridgehead atoms. The van der Waals surface area contributed by atoms with Crippen molar-refractivity contribution in [2.75, 3.05) is 6.54 Å². The van der Waals surface area contributed by atoms with Gasteiger partial charge in [0.05, 0.1) is 12.6 Å². The maximum absolute atomic E-state index is 13.9. The molecule has 0 amide bonds. The predicted molar refractivity (Wildman–Crippen MR) is 76.1 cm³/mol. The van der Waals surface area contributed by atoms with E-state index >= 15 is 0 Å². The number of aliphatic hydroxyl groups excluding tert-OH is 1. The first-order valence-electron chi connectivity index (χ1n) is 6.36. The van der Waals surface area contributed by atoms with Crippen LogP contribution in [0.25, 0.3) is 10.4 Å². The maximum Gasteiger partial charge on any atom is 0.165 e. The highest BCUT2D eigenvalue weighted by atomic mass is 19.1. The molecule has 2 aromatic rings. The second-order valence-electron chi connectivity index (χ2n) is 4.39. The molecule has 0 fully saturated rings. The number of halogens is 1. The summed E-state index contributed by atoms with van der Waals surface area (Å²) in [7, 11) is 0. The molecule has 0 aromatic heterocycles. The number of hydrogen-bond acceptors (Lipinski definition) is 3. The molecular formula is C15H14FN3O2. The van der Waals surface area contributed by atoms with Crippen molar-refractivity contribution in [2.45, 2.75) is 12.7 Å². The molecule has 0 heterocycles. The highest BCUT2D eigenvalue weighted by Crippen LogP contribution is 2.23. The maximum atomic E-state index is 13.9. The molecule has 0 aliphatic carbocycles. The molecule has 0 saturated carbocycles. The molecule has 6 heteroatoms. The van der Waals surface area contributed by atoms with Gasteiger partial charge < -0.3 is 9.84 Å². The van der Waals surface area contributed by atoms with E-state index in [1.54, 1.807) is 6.07 Å². The van der Waals surface area contributed by atoms with Crippen LogP contribution >= 0.6 is 0 Å². The molecule has 1 unspecified atom stereocenters. The van der Waals surface area contributed by atoms with Gasteiger partial charge in [-0.15, -0.1) is 0 Å². The monoisotopic (exact) mass is 287 g/mol. The number of benzene rings is 2. The van der Waals surface area contributed by atoms with Crippen molar-refractivity contribution < 1.29 is 14.2 Å². The Hall–Kier alpha value is -2.56. The minimum Gasteiger partial charge on any atom is -0.486 e. The third kappa shape index (κ3) is 4.21. The fourth-order valence-corrected chi connectivity index (χ4v) is 1.80. The molecular weight excluding hydrogens is 273 g/mol. The summed E-state index contributed by atoms with van der Waals surface area (Å²) in [6.07, 6.45) is -1.03. The van der Waals surface area contributed by atoms with Gasteiger partial charge in [-0.1, -0.05) is 41.5 Å². The number of azide groups is 1. The van der Waals surface area contributed by atoms with Crippen molar-refractivity contribution >= 4 is 0 Å². The van der Waals surface area contributed by atoms with Crippen molar-refractivity contribution in [3.05, 3.63) is 75.9 Å². The average Bonchev–Trinajstić information content (AvgIpc) is 2.52. The zero-order chi connectivity index (χ0) is 15.1. The lowest BCUT2D eigenvalue weighted by Gasteiger charge is -2.11. The van der Waals surface area contributed by atoms with E-state index in [0.29, 0.717) is 5.56 Å². The van der Waals surface area contributed by atoms with Gasteiger partial charge in [-0.25, -0.2) is 4.39 Å². The minimum atomic E-state index is -1.03. The lowest BCUT2D eigenvalue weighted by atomic mass is 10.1. The zero-order valence-corrected chi connectivity index (χ0v) is 11.2. The van der Waals surface area contributed by atoms with Crippen LogP contribution in [0, 0.1) is 5.82 Å². The van der Waals surface area contributed by atoms with Crippen molar-refractivity contribution in [3.63, 3.8) is 0 Å². The van der Waals surface area contributed by atoms with Gasteiger partial charge in [0.1, 0.15) is 6.61 Å². The zero-order valence-electron chi connectivity index (χ0n) is 11.2. The second kappa shape index (κ2) is 7.28. The van der Waals surface area contributed by atoms with Gasteiger partial charge in [0, 0.05) is 4.91 Å². The lowest BCUT2D eigenvalue weighted by molar-refractivity contribution is 0.186. The first-order valence-corrected chi connectivity index (χ1v) is 6.36. The van der Waals surface area contributed by atoms with E-state index in [4.69, 9.17) is 10.3 Å². The fourth-order valence-electron chi connectivity index (χ4n) is 1.80. The Balaban J connectivity index is 2.03. The Morgan fingerprint density at radius 3 is 2.67 bits per heavy atom. The number of nitrogens with zero attached hydrogens (tertiary/aromatic N) is 3. The van der Waals surface area contributed by atoms with Crippen LogP contribution in [-0.2, 0) is 6.61 Å². The summed E-state index contributed by atoms with van der Waals surface area (Å²) in [5.41, 5.74) is 9.47. The lowest BCUT2D eigenvalue weighted by Crippen LogP contribution is -2.03. The van der Waals surface area contributed by atoms with Gasteiger partial charge in [0.15, 0.2) is 11.6 Å². The van der Waals surface area contributed by atoms with Crippen LogP contribution in [0.3, 0.4) is 0 Å². The molecule has 108 valence electrons. The molecule has 5 nitrogen and oxygen atoms in total. The first kappa shape index (κ1) is 14.8. The standard InChI is InChI=1S/C15H14FN3O2/c16-13-8-12(14(20)9-18-19-17)6-7-15(13)21-10-11-4-2-1-3-5-11/h1-8,14,20H,9-10H2. The first-order chi connectivity index (χ1) is 10.2. The molecule has 0 aliphatic heterocycles. The number of aliphatic hydroxyl groups is 1. The summed E-state index contributed by atoms with van der Waals surface area (Å²) in [5, 5.41) is 13.0. The SMILES string of the molecule is [N-]=[N+]=NCC(O)c1ccc(OCc2ccccc2)c(F)c1. The number of rotatable bonds is 6. The van der Waals surface area contributed by atoms with Crippen molar-refractivity contribution in [1.82, 2.24) is 0 Å². The van der Waals surface area contributed by atoms with Gasteiger partial charge in [-0.05, 0) is 28.8 Å². The van der Waals surface area contributed by atoms with E-state index in [9.17, 15) is 9.50 Å². The third-order valence-electron chi connectivity index (χ3n) is 2.90. The van der Waals surface area contributed by atoms with Crippen LogP contribution in [-0.4, -0.2) is 11.7 Å². The van der Waals surface area contributed by atoms with E-state index in [2.05, 4.69) is 10.0 Å². The van der Waals surface area contributed by atoms with Crippen molar-refractivity contribution in [2.24, 2.45) is 5.11 Å². The summed E-state index contributed by atoms with van der Waals surface area (Å²) in [6.45, 7) is 0.124.